The van der Waals surface area contributed by atoms with Crippen LogP contribution in [0.3, 0.4) is 0 Å². The molecule has 0 bridgehead atoms. The van der Waals surface area contributed by atoms with Crippen molar-refractivity contribution < 1.29 is 14.4 Å². The number of amides is 4. The highest BCUT2D eigenvalue weighted by atomic mass is 35.5. The summed E-state index contributed by atoms with van der Waals surface area (Å²) in [6.07, 6.45) is 3.66. The molecule has 2 N–H and O–H groups in total. The Morgan fingerprint density at radius 3 is 2.73 bits per heavy atom. The largest absolute Gasteiger partial charge is 0.325 e. The highest BCUT2D eigenvalue weighted by molar-refractivity contribution is 7.15. The Morgan fingerprint density at radius 2 is 2.03 bits per heavy atom. The van der Waals surface area contributed by atoms with Gasteiger partial charge in [-0.2, -0.15) is 0 Å². The number of thiazole rings is 1. The third-order valence-electron chi connectivity index (χ3n) is 5.85. The van der Waals surface area contributed by atoms with Gasteiger partial charge in [0.2, 0.25) is 5.91 Å². The first-order valence-electron chi connectivity index (χ1n) is 9.97. The number of halogens is 1. The molecule has 2 fully saturated rings. The molecular formula is C21H23ClN4O3S. The lowest BCUT2D eigenvalue weighted by molar-refractivity contribution is -0.136. The van der Waals surface area contributed by atoms with Gasteiger partial charge >= 0.3 is 6.03 Å². The molecule has 30 heavy (non-hydrogen) atoms. The smallest absolute Gasteiger partial charge is 0.323 e. The average molecular weight is 447 g/mol. The number of carbonyl (C=O) groups is 3. The number of hydrogen-bond acceptors (Lipinski definition) is 5. The highest BCUT2D eigenvalue weighted by Crippen LogP contribution is 2.36. The zero-order valence-corrected chi connectivity index (χ0v) is 18.4. The Bertz CT molecular complexity index is 1020. The summed E-state index contributed by atoms with van der Waals surface area (Å²) in [7, 11) is 0. The van der Waals surface area contributed by atoms with Gasteiger partial charge in [-0.05, 0) is 38.3 Å². The number of benzene rings is 1. The van der Waals surface area contributed by atoms with Gasteiger partial charge in [-0.25, -0.2) is 14.7 Å². The fourth-order valence-electron chi connectivity index (χ4n) is 4.10. The number of urea groups is 1. The first-order chi connectivity index (χ1) is 14.3. The minimum absolute atomic E-state index is 0.303. The van der Waals surface area contributed by atoms with Crippen molar-refractivity contribution in [3.8, 4) is 0 Å². The van der Waals surface area contributed by atoms with Crippen molar-refractivity contribution in [2.45, 2.75) is 57.5 Å². The number of hydrogen-bond donors (Lipinski definition) is 2. The van der Waals surface area contributed by atoms with Crippen LogP contribution in [0, 0.1) is 6.92 Å². The summed E-state index contributed by atoms with van der Waals surface area (Å²) >= 11 is 7.62. The number of carbonyl (C=O) groups excluding carboxylic acids is 3. The van der Waals surface area contributed by atoms with Crippen LogP contribution in [0.15, 0.2) is 24.3 Å². The van der Waals surface area contributed by atoms with Crippen LogP contribution in [0.2, 0.25) is 5.02 Å². The van der Waals surface area contributed by atoms with E-state index in [-0.39, 0.29) is 5.91 Å². The Kier molecular flexibility index (Phi) is 5.55. The summed E-state index contributed by atoms with van der Waals surface area (Å²) < 4.78 is 0. The molecule has 1 aliphatic carbocycles. The molecule has 1 aromatic heterocycles. The molecule has 1 atom stereocenters. The van der Waals surface area contributed by atoms with Gasteiger partial charge in [0.05, 0.1) is 5.69 Å². The normalized spacial score (nSPS) is 18.7. The van der Waals surface area contributed by atoms with Crippen LogP contribution in [0.1, 0.15) is 48.7 Å². The third kappa shape index (κ3) is 3.70. The summed E-state index contributed by atoms with van der Waals surface area (Å²) in [4.78, 5) is 44.6. The lowest BCUT2D eigenvalue weighted by Gasteiger charge is -2.23. The monoisotopic (exact) mass is 446 g/mol. The van der Waals surface area contributed by atoms with Crippen LogP contribution in [0.25, 0.3) is 0 Å². The molecule has 2 heterocycles. The number of aryl methyl sites for hydroxylation is 1. The summed E-state index contributed by atoms with van der Waals surface area (Å²) in [6.45, 7) is 3.44. The van der Waals surface area contributed by atoms with E-state index in [2.05, 4.69) is 15.6 Å². The van der Waals surface area contributed by atoms with E-state index < -0.39 is 23.5 Å². The van der Waals surface area contributed by atoms with Gasteiger partial charge in [0.25, 0.3) is 5.91 Å². The molecule has 1 saturated carbocycles. The quantitative estimate of drug-likeness (QED) is 0.681. The van der Waals surface area contributed by atoms with Crippen LogP contribution in [0.5, 0.6) is 0 Å². The molecule has 7 nitrogen and oxygen atoms in total. The lowest BCUT2D eigenvalue weighted by atomic mass is 9.97. The van der Waals surface area contributed by atoms with Crippen molar-refractivity contribution in [2.75, 3.05) is 5.32 Å². The lowest BCUT2D eigenvalue weighted by Crippen LogP contribution is -2.48. The maximum Gasteiger partial charge on any atom is 0.325 e. The number of imide groups is 1. The molecule has 158 valence electrons. The Morgan fingerprint density at radius 1 is 1.33 bits per heavy atom. The minimum Gasteiger partial charge on any atom is -0.323 e. The van der Waals surface area contributed by atoms with Crippen molar-refractivity contribution in [3.63, 3.8) is 0 Å². The van der Waals surface area contributed by atoms with Gasteiger partial charge < -0.3 is 10.6 Å². The summed E-state index contributed by atoms with van der Waals surface area (Å²) in [6, 6.07) is 6.18. The van der Waals surface area contributed by atoms with Gasteiger partial charge in [0.1, 0.15) is 11.6 Å². The maximum atomic E-state index is 12.9. The summed E-state index contributed by atoms with van der Waals surface area (Å²) in [5, 5.41) is 6.69. The van der Waals surface area contributed by atoms with E-state index >= 15 is 0 Å². The molecule has 4 rings (SSSR count). The SMILES string of the molecule is Cc1nc(NC(=O)C(C)N2C(=O)NC3(CCCC3)C2=O)sc1Cc1ccccc1Cl. The Hall–Kier alpha value is -2.45. The predicted octanol–water partition coefficient (Wildman–Crippen LogP) is 3.89. The second-order valence-electron chi connectivity index (χ2n) is 7.86. The van der Waals surface area contributed by atoms with Gasteiger partial charge in [-0.15, -0.1) is 11.3 Å². The average Bonchev–Trinajstić information content (AvgIpc) is 3.37. The Labute approximate surface area is 183 Å². The molecule has 0 radical (unpaired) electrons. The Balaban J connectivity index is 1.46. The molecule has 1 aromatic carbocycles. The maximum absolute atomic E-state index is 12.9. The van der Waals surface area contributed by atoms with E-state index in [1.54, 1.807) is 6.92 Å². The van der Waals surface area contributed by atoms with E-state index in [1.165, 1.54) is 11.3 Å². The van der Waals surface area contributed by atoms with Crippen LogP contribution >= 0.6 is 22.9 Å². The highest BCUT2D eigenvalue weighted by Gasteiger charge is 2.54. The van der Waals surface area contributed by atoms with Crippen LogP contribution in [-0.2, 0) is 16.0 Å². The van der Waals surface area contributed by atoms with Crippen molar-refractivity contribution in [2.24, 2.45) is 0 Å². The second-order valence-corrected chi connectivity index (χ2v) is 9.35. The number of anilines is 1. The first-order valence-corrected chi connectivity index (χ1v) is 11.2. The summed E-state index contributed by atoms with van der Waals surface area (Å²) in [5.41, 5.74) is 0.965. The third-order valence-corrected chi connectivity index (χ3v) is 7.29. The van der Waals surface area contributed by atoms with Crippen molar-refractivity contribution in [3.05, 3.63) is 45.4 Å². The van der Waals surface area contributed by atoms with Crippen LogP contribution in [0.4, 0.5) is 9.93 Å². The molecule has 9 heteroatoms. The van der Waals surface area contributed by atoms with Gasteiger partial charge in [0, 0.05) is 16.3 Å². The molecule has 2 aromatic rings. The second kappa shape index (κ2) is 8.00. The van der Waals surface area contributed by atoms with Crippen molar-refractivity contribution in [1.29, 1.82) is 0 Å². The minimum atomic E-state index is -0.923. The zero-order valence-electron chi connectivity index (χ0n) is 16.8. The van der Waals surface area contributed by atoms with E-state index in [4.69, 9.17) is 11.6 Å². The number of aromatic nitrogens is 1. The molecule has 1 spiro atoms. The molecule has 4 amide bonds. The number of nitrogens with zero attached hydrogens (tertiary/aromatic N) is 2. The van der Waals surface area contributed by atoms with E-state index in [1.807, 2.05) is 31.2 Å². The standard InChI is InChI=1S/C21H23ClN4O3S/c1-12-16(11-14-7-3-4-8-15(14)22)30-19(23-12)24-17(27)13(2)26-18(28)21(25-20(26)29)9-5-6-10-21/h3-4,7-8,13H,5-6,9-11H2,1-2H3,(H,25,29)(H,23,24,27). The van der Waals surface area contributed by atoms with Crippen molar-refractivity contribution >= 4 is 45.9 Å². The fourth-order valence-corrected chi connectivity index (χ4v) is 5.29. The van der Waals surface area contributed by atoms with Crippen LogP contribution in [-0.4, -0.2) is 39.3 Å². The molecular weight excluding hydrogens is 424 g/mol. The van der Waals surface area contributed by atoms with E-state index in [0.717, 1.165) is 33.9 Å². The first kappa shape index (κ1) is 20.8. The number of rotatable bonds is 5. The molecule has 1 aliphatic heterocycles. The van der Waals surface area contributed by atoms with E-state index in [9.17, 15) is 14.4 Å². The van der Waals surface area contributed by atoms with Crippen molar-refractivity contribution in [1.82, 2.24) is 15.2 Å². The summed E-state index contributed by atoms with van der Waals surface area (Å²) in [5.74, 6) is -0.742. The van der Waals surface area contributed by atoms with Gasteiger partial charge in [-0.3, -0.25) is 9.59 Å². The fraction of sp³-hybridized carbons (Fsp3) is 0.429. The van der Waals surface area contributed by atoms with Crippen LogP contribution < -0.4 is 10.6 Å². The molecule has 1 unspecified atom stereocenters. The zero-order chi connectivity index (χ0) is 21.5. The van der Waals surface area contributed by atoms with Gasteiger partial charge in [-0.1, -0.05) is 42.6 Å². The topological polar surface area (TPSA) is 91.4 Å². The van der Waals surface area contributed by atoms with E-state index in [0.29, 0.717) is 29.4 Å². The molecule has 2 aliphatic rings. The number of nitrogens with one attached hydrogen (secondary N) is 2. The molecule has 1 saturated heterocycles. The predicted molar refractivity (Wildman–Crippen MR) is 116 cm³/mol. The van der Waals surface area contributed by atoms with Gasteiger partial charge in [0.15, 0.2) is 5.13 Å².